The third-order valence-corrected chi connectivity index (χ3v) is 7.33. The van der Waals surface area contributed by atoms with Crippen molar-refractivity contribution in [2.75, 3.05) is 24.3 Å². The third-order valence-electron chi connectivity index (χ3n) is 5.50. The lowest BCUT2D eigenvalue weighted by molar-refractivity contribution is -0.125. The minimum atomic E-state index is -3.58. The van der Waals surface area contributed by atoms with E-state index in [4.69, 9.17) is 4.74 Å². The van der Waals surface area contributed by atoms with E-state index >= 15 is 0 Å². The summed E-state index contributed by atoms with van der Waals surface area (Å²) >= 11 is 0. The Labute approximate surface area is 198 Å². The molecule has 8 nitrogen and oxygen atoms in total. The summed E-state index contributed by atoms with van der Waals surface area (Å²) in [5, 5.41) is 2.81. The van der Waals surface area contributed by atoms with E-state index in [0.717, 1.165) is 9.87 Å². The number of ether oxygens (including phenoxy) is 1. The van der Waals surface area contributed by atoms with Gasteiger partial charge >= 0.3 is 0 Å². The second-order valence-electron chi connectivity index (χ2n) is 8.12. The molecule has 3 aromatic rings. The molecular formula is C25H25N3O5S. The zero-order chi connectivity index (χ0) is 24.5. The highest BCUT2D eigenvalue weighted by molar-refractivity contribution is 7.89. The summed E-state index contributed by atoms with van der Waals surface area (Å²) in [6, 6.07) is 20.5. The fourth-order valence-electron chi connectivity index (χ4n) is 3.61. The highest BCUT2D eigenvalue weighted by Crippen LogP contribution is 2.37. The van der Waals surface area contributed by atoms with Crippen molar-refractivity contribution in [3.63, 3.8) is 0 Å². The lowest BCUT2D eigenvalue weighted by Gasteiger charge is -2.33. The second kappa shape index (κ2) is 9.28. The molecule has 1 aliphatic heterocycles. The van der Waals surface area contributed by atoms with Crippen molar-refractivity contribution >= 4 is 33.2 Å². The summed E-state index contributed by atoms with van der Waals surface area (Å²) in [6.07, 6.45) is -0.617. The lowest BCUT2D eigenvalue weighted by Crippen LogP contribution is -2.44. The van der Waals surface area contributed by atoms with Crippen LogP contribution in [0.1, 0.15) is 22.8 Å². The number of amides is 2. The Morgan fingerprint density at radius 3 is 2.35 bits per heavy atom. The van der Waals surface area contributed by atoms with Gasteiger partial charge in [-0.1, -0.05) is 30.3 Å². The molecule has 0 saturated carbocycles. The Bertz CT molecular complexity index is 1320. The Balaban J connectivity index is 1.57. The quantitative estimate of drug-likeness (QED) is 0.584. The monoisotopic (exact) mass is 479 g/mol. The second-order valence-corrected chi connectivity index (χ2v) is 10.3. The van der Waals surface area contributed by atoms with Gasteiger partial charge in [-0.25, -0.2) is 12.7 Å². The fourth-order valence-corrected chi connectivity index (χ4v) is 4.51. The Morgan fingerprint density at radius 1 is 1.03 bits per heavy atom. The standard InChI is InChI=1S/C25H25N3O5S/c1-17-25(30)28(16-18-7-5-4-6-8-18)22-15-20(11-14-23(22)33-17)26-24(29)19-9-12-21(13-10-19)34(31,32)27(2)3/h4-15,17H,16H2,1-3H3,(H,26,29). The minimum absolute atomic E-state index is 0.101. The zero-order valence-corrected chi connectivity index (χ0v) is 19.9. The van der Waals surface area contributed by atoms with Crippen molar-refractivity contribution in [3.05, 3.63) is 83.9 Å². The average Bonchev–Trinajstić information content (AvgIpc) is 2.83. The highest BCUT2D eigenvalue weighted by Gasteiger charge is 2.32. The van der Waals surface area contributed by atoms with Crippen LogP contribution in [0, 0.1) is 0 Å². The summed E-state index contributed by atoms with van der Waals surface area (Å²) in [4.78, 5) is 27.4. The number of rotatable bonds is 6. The molecule has 0 radical (unpaired) electrons. The van der Waals surface area contributed by atoms with E-state index in [9.17, 15) is 18.0 Å². The van der Waals surface area contributed by atoms with Crippen LogP contribution in [0.2, 0.25) is 0 Å². The first kappa shape index (κ1) is 23.5. The van der Waals surface area contributed by atoms with E-state index in [1.54, 1.807) is 30.0 Å². The van der Waals surface area contributed by atoms with Crippen LogP contribution in [0.3, 0.4) is 0 Å². The molecule has 0 spiro atoms. The van der Waals surface area contributed by atoms with Gasteiger partial charge in [-0.15, -0.1) is 0 Å². The summed E-state index contributed by atoms with van der Waals surface area (Å²) in [5.41, 5.74) is 2.32. The number of benzene rings is 3. The van der Waals surface area contributed by atoms with Gasteiger partial charge in [0.2, 0.25) is 10.0 Å². The maximum atomic E-state index is 12.9. The number of fused-ring (bicyclic) bond motifs is 1. The molecule has 0 aliphatic carbocycles. The number of nitrogens with one attached hydrogen (secondary N) is 1. The van der Waals surface area contributed by atoms with Gasteiger partial charge < -0.3 is 15.0 Å². The molecule has 4 rings (SSSR count). The van der Waals surface area contributed by atoms with E-state index in [1.165, 1.54) is 38.4 Å². The van der Waals surface area contributed by atoms with E-state index < -0.39 is 22.0 Å². The molecule has 1 N–H and O–H groups in total. The van der Waals surface area contributed by atoms with E-state index in [2.05, 4.69) is 5.32 Å². The van der Waals surface area contributed by atoms with Gasteiger partial charge in [0.25, 0.3) is 11.8 Å². The highest BCUT2D eigenvalue weighted by atomic mass is 32.2. The molecule has 9 heteroatoms. The van der Waals surface area contributed by atoms with Gasteiger partial charge in [0.15, 0.2) is 6.10 Å². The molecule has 34 heavy (non-hydrogen) atoms. The molecule has 1 aliphatic rings. The van der Waals surface area contributed by atoms with Crippen LogP contribution in [0.25, 0.3) is 0 Å². The number of carbonyl (C=O) groups is 2. The Hall–Kier alpha value is -3.69. The Morgan fingerprint density at radius 2 is 1.71 bits per heavy atom. The molecule has 0 aromatic heterocycles. The average molecular weight is 480 g/mol. The normalized spacial score (nSPS) is 15.6. The number of sulfonamides is 1. The van der Waals surface area contributed by atoms with Crippen LogP contribution < -0.4 is 15.0 Å². The van der Waals surface area contributed by atoms with Gasteiger partial charge in [0.05, 0.1) is 17.1 Å². The van der Waals surface area contributed by atoms with Crippen LogP contribution in [-0.2, 0) is 21.4 Å². The zero-order valence-electron chi connectivity index (χ0n) is 19.1. The van der Waals surface area contributed by atoms with Crippen LogP contribution in [0.4, 0.5) is 11.4 Å². The van der Waals surface area contributed by atoms with Gasteiger partial charge in [0, 0.05) is 25.3 Å². The fraction of sp³-hybridized carbons (Fsp3) is 0.200. The van der Waals surface area contributed by atoms with Crippen molar-refractivity contribution in [3.8, 4) is 5.75 Å². The maximum absolute atomic E-state index is 12.9. The van der Waals surface area contributed by atoms with E-state index in [0.29, 0.717) is 29.2 Å². The predicted molar refractivity (Wildman–Crippen MR) is 129 cm³/mol. The molecule has 0 saturated heterocycles. The van der Waals surface area contributed by atoms with Gasteiger partial charge in [-0.2, -0.15) is 0 Å². The summed E-state index contributed by atoms with van der Waals surface area (Å²) < 4.78 is 31.3. The van der Waals surface area contributed by atoms with Crippen LogP contribution in [0.15, 0.2) is 77.7 Å². The number of hydrogen-bond acceptors (Lipinski definition) is 5. The Kier molecular flexibility index (Phi) is 6.41. The predicted octanol–water partition coefficient (Wildman–Crippen LogP) is 3.50. The summed E-state index contributed by atoms with van der Waals surface area (Å²) in [6.45, 7) is 2.08. The molecule has 0 fully saturated rings. The number of nitrogens with zero attached hydrogens (tertiary/aromatic N) is 2. The number of carbonyl (C=O) groups excluding carboxylic acids is 2. The molecule has 1 unspecified atom stereocenters. The first-order valence-corrected chi connectivity index (χ1v) is 12.1. The van der Waals surface area contributed by atoms with Gasteiger partial charge in [0.1, 0.15) is 5.75 Å². The van der Waals surface area contributed by atoms with Crippen molar-refractivity contribution in [2.24, 2.45) is 0 Å². The van der Waals surface area contributed by atoms with Crippen molar-refractivity contribution in [1.82, 2.24) is 4.31 Å². The number of hydrogen-bond donors (Lipinski definition) is 1. The van der Waals surface area contributed by atoms with Crippen molar-refractivity contribution in [2.45, 2.75) is 24.5 Å². The SMILES string of the molecule is CC1Oc2ccc(NC(=O)c3ccc(S(=O)(=O)N(C)C)cc3)cc2N(Cc2ccccc2)C1=O. The first-order chi connectivity index (χ1) is 16.2. The molecule has 0 bridgehead atoms. The van der Waals surface area contributed by atoms with Gasteiger partial charge in [-0.05, 0) is 55.0 Å². The molecule has 3 aromatic carbocycles. The van der Waals surface area contributed by atoms with Crippen molar-refractivity contribution < 1.29 is 22.7 Å². The van der Waals surface area contributed by atoms with Crippen molar-refractivity contribution in [1.29, 1.82) is 0 Å². The molecule has 1 heterocycles. The molecular weight excluding hydrogens is 454 g/mol. The maximum Gasteiger partial charge on any atom is 0.268 e. The van der Waals surface area contributed by atoms with E-state index in [-0.39, 0.29) is 10.8 Å². The van der Waals surface area contributed by atoms with Crippen LogP contribution >= 0.6 is 0 Å². The third kappa shape index (κ3) is 4.66. The molecule has 1 atom stereocenters. The smallest absolute Gasteiger partial charge is 0.268 e. The first-order valence-electron chi connectivity index (χ1n) is 10.7. The lowest BCUT2D eigenvalue weighted by atomic mass is 10.1. The minimum Gasteiger partial charge on any atom is -0.479 e. The largest absolute Gasteiger partial charge is 0.479 e. The number of anilines is 2. The molecule has 2 amide bonds. The summed E-state index contributed by atoms with van der Waals surface area (Å²) in [7, 11) is -0.687. The molecule has 176 valence electrons. The van der Waals surface area contributed by atoms with Crippen LogP contribution in [0.5, 0.6) is 5.75 Å². The van der Waals surface area contributed by atoms with Gasteiger partial charge in [-0.3, -0.25) is 9.59 Å². The topological polar surface area (TPSA) is 96.0 Å². The summed E-state index contributed by atoms with van der Waals surface area (Å²) in [5.74, 6) is -0.0171. The van der Waals surface area contributed by atoms with Crippen LogP contribution in [-0.4, -0.2) is 44.7 Å². The van der Waals surface area contributed by atoms with E-state index in [1.807, 2.05) is 30.3 Å².